The number of nitrogens with one attached hydrogen (secondary N) is 1. The van der Waals surface area contributed by atoms with E-state index >= 15 is 0 Å². The van der Waals surface area contributed by atoms with Crippen LogP contribution in [0, 0.1) is 5.92 Å². The van der Waals surface area contributed by atoms with Gasteiger partial charge in [-0.15, -0.1) is 0 Å². The van der Waals surface area contributed by atoms with Gasteiger partial charge >= 0.3 is 0 Å². The summed E-state index contributed by atoms with van der Waals surface area (Å²) in [4.78, 5) is 25.4. The summed E-state index contributed by atoms with van der Waals surface area (Å²) in [6.45, 7) is 1.65. The van der Waals surface area contributed by atoms with E-state index < -0.39 is 17.9 Å². The van der Waals surface area contributed by atoms with Crippen LogP contribution in [0.3, 0.4) is 0 Å². The minimum absolute atomic E-state index is 0.106. The van der Waals surface area contributed by atoms with E-state index in [1.807, 2.05) is 0 Å². The predicted octanol–water partition coefficient (Wildman–Crippen LogP) is 3.76. The van der Waals surface area contributed by atoms with Crippen LogP contribution in [0.25, 0.3) is 10.8 Å². The van der Waals surface area contributed by atoms with Crippen molar-refractivity contribution in [2.45, 2.75) is 44.6 Å². The number of carbonyl (C=O) groups is 1. The second kappa shape index (κ2) is 8.17. The minimum Gasteiger partial charge on any atom is -0.394 e. The highest BCUT2D eigenvalue weighted by molar-refractivity contribution is 6.35. The lowest BCUT2D eigenvalue weighted by atomic mass is 9.86. The number of aliphatic hydroxyl groups excluding tert-OH is 1. The van der Waals surface area contributed by atoms with Gasteiger partial charge in [-0.3, -0.25) is 9.59 Å². The molecule has 1 aliphatic rings. The lowest BCUT2D eigenvalue weighted by molar-refractivity contribution is -0.0518. The molecular formula is C20H23ClF2N2O3. The Morgan fingerprint density at radius 1 is 1.39 bits per heavy atom. The molecule has 1 heterocycles. The Hall–Kier alpha value is -1.99. The molecular weight excluding hydrogens is 390 g/mol. The first-order valence-corrected chi connectivity index (χ1v) is 9.71. The Bertz CT molecular complexity index is 945. The van der Waals surface area contributed by atoms with Gasteiger partial charge in [0.2, 0.25) is 5.92 Å². The van der Waals surface area contributed by atoms with E-state index in [1.165, 1.54) is 16.8 Å². The zero-order valence-electron chi connectivity index (χ0n) is 15.6. The van der Waals surface area contributed by atoms with Crippen molar-refractivity contribution in [2.24, 2.45) is 5.92 Å². The van der Waals surface area contributed by atoms with Crippen LogP contribution in [0.4, 0.5) is 8.78 Å². The molecule has 0 bridgehead atoms. The second-order valence-corrected chi connectivity index (χ2v) is 7.88. The molecule has 2 N–H and O–H groups in total. The van der Waals surface area contributed by atoms with Crippen molar-refractivity contribution >= 4 is 28.3 Å². The highest BCUT2D eigenvalue weighted by Crippen LogP contribution is 2.36. The molecule has 1 aromatic heterocycles. The van der Waals surface area contributed by atoms with Gasteiger partial charge in [0.05, 0.1) is 23.2 Å². The predicted molar refractivity (Wildman–Crippen MR) is 104 cm³/mol. The second-order valence-electron chi connectivity index (χ2n) is 7.47. The number of amides is 1. The van der Waals surface area contributed by atoms with Crippen molar-refractivity contribution in [3.8, 4) is 0 Å². The standard InChI is InChI=1S/C20H23ClF2N2O3/c1-12(11-26)25-8-6-14-15(19(25)28)4-5-16(21)17(14)18(27)24-10-13-3-2-7-20(22,23)9-13/h4-6,8,12-13,26H,2-3,7,9-11H2,1H3,(H,24,27)/t12-,13?/m1/s1. The third-order valence-electron chi connectivity index (χ3n) is 5.32. The summed E-state index contributed by atoms with van der Waals surface area (Å²) in [5.74, 6) is -3.46. The Morgan fingerprint density at radius 3 is 2.82 bits per heavy atom. The number of fused-ring (bicyclic) bond motifs is 1. The van der Waals surface area contributed by atoms with Gasteiger partial charge in [0.15, 0.2) is 0 Å². The van der Waals surface area contributed by atoms with Crippen LogP contribution in [0.2, 0.25) is 5.02 Å². The minimum atomic E-state index is -2.68. The zero-order chi connectivity index (χ0) is 20.5. The van der Waals surface area contributed by atoms with Crippen molar-refractivity contribution < 1.29 is 18.7 Å². The molecule has 0 spiro atoms. The van der Waals surface area contributed by atoms with Crippen LogP contribution < -0.4 is 10.9 Å². The summed E-state index contributed by atoms with van der Waals surface area (Å²) in [6, 6.07) is 4.22. The molecule has 1 unspecified atom stereocenters. The number of hydrogen-bond donors (Lipinski definition) is 2. The Balaban J connectivity index is 1.87. The molecule has 28 heavy (non-hydrogen) atoms. The van der Waals surface area contributed by atoms with Crippen LogP contribution in [0.15, 0.2) is 29.2 Å². The first-order chi connectivity index (χ1) is 13.2. The monoisotopic (exact) mass is 412 g/mol. The molecule has 0 saturated heterocycles. The van der Waals surface area contributed by atoms with Crippen LogP contribution in [-0.4, -0.2) is 34.7 Å². The van der Waals surface area contributed by atoms with E-state index in [0.717, 1.165) is 0 Å². The van der Waals surface area contributed by atoms with Gasteiger partial charge in [-0.25, -0.2) is 8.78 Å². The average molecular weight is 413 g/mol. The van der Waals surface area contributed by atoms with E-state index in [-0.39, 0.29) is 48.1 Å². The molecule has 1 fully saturated rings. The maximum Gasteiger partial charge on any atom is 0.258 e. The maximum atomic E-state index is 13.6. The van der Waals surface area contributed by atoms with E-state index in [2.05, 4.69) is 5.32 Å². The summed E-state index contributed by atoms with van der Waals surface area (Å²) in [5, 5.41) is 12.9. The highest BCUT2D eigenvalue weighted by atomic mass is 35.5. The third-order valence-corrected chi connectivity index (χ3v) is 5.64. The van der Waals surface area contributed by atoms with Gasteiger partial charge in [-0.1, -0.05) is 11.6 Å². The van der Waals surface area contributed by atoms with Gasteiger partial charge in [0.1, 0.15) is 0 Å². The van der Waals surface area contributed by atoms with Crippen molar-refractivity contribution in [1.82, 2.24) is 9.88 Å². The largest absolute Gasteiger partial charge is 0.394 e. The van der Waals surface area contributed by atoms with Crippen LogP contribution >= 0.6 is 11.6 Å². The first kappa shape index (κ1) is 20.7. The zero-order valence-corrected chi connectivity index (χ0v) is 16.3. The lowest BCUT2D eigenvalue weighted by Gasteiger charge is -2.29. The molecule has 152 valence electrons. The number of aliphatic hydroxyl groups is 1. The summed E-state index contributed by atoms with van der Waals surface area (Å²) in [7, 11) is 0. The van der Waals surface area contributed by atoms with Gasteiger partial charge in [0.25, 0.3) is 11.5 Å². The molecule has 0 radical (unpaired) electrons. The molecule has 1 saturated carbocycles. The SMILES string of the molecule is C[C@H](CO)n1ccc2c(C(=O)NCC3CCCC(F)(F)C3)c(Cl)ccc2c1=O. The Kier molecular flexibility index (Phi) is 6.05. The van der Waals surface area contributed by atoms with Crippen LogP contribution in [0.1, 0.15) is 49.0 Å². The molecule has 0 aliphatic heterocycles. The molecule has 2 aromatic rings. The molecule has 1 aliphatic carbocycles. The number of nitrogens with zero attached hydrogens (tertiary/aromatic N) is 1. The van der Waals surface area contributed by atoms with Crippen molar-refractivity contribution in [2.75, 3.05) is 13.2 Å². The summed E-state index contributed by atoms with van der Waals surface area (Å²) < 4.78 is 28.5. The number of benzene rings is 1. The van der Waals surface area contributed by atoms with Gasteiger partial charge in [-0.05, 0) is 43.9 Å². The van der Waals surface area contributed by atoms with Crippen LogP contribution in [0.5, 0.6) is 0 Å². The molecule has 3 rings (SSSR count). The number of hydrogen-bond acceptors (Lipinski definition) is 3. The summed E-state index contributed by atoms with van der Waals surface area (Å²) >= 11 is 6.22. The number of alkyl halides is 2. The molecule has 1 amide bonds. The van der Waals surface area contributed by atoms with Crippen LogP contribution in [-0.2, 0) is 0 Å². The van der Waals surface area contributed by atoms with E-state index in [9.17, 15) is 23.5 Å². The number of carbonyl (C=O) groups excluding carboxylic acids is 1. The molecule has 2 atom stereocenters. The van der Waals surface area contributed by atoms with Crippen molar-refractivity contribution in [3.05, 3.63) is 45.3 Å². The number of aromatic nitrogens is 1. The molecule has 8 heteroatoms. The number of rotatable bonds is 5. The van der Waals surface area contributed by atoms with Crippen molar-refractivity contribution in [1.29, 1.82) is 0 Å². The fourth-order valence-electron chi connectivity index (χ4n) is 3.76. The highest BCUT2D eigenvalue weighted by Gasteiger charge is 2.36. The number of halogens is 3. The smallest absolute Gasteiger partial charge is 0.258 e. The van der Waals surface area contributed by atoms with Gasteiger partial charge in [-0.2, -0.15) is 0 Å². The third kappa shape index (κ3) is 4.20. The summed E-state index contributed by atoms with van der Waals surface area (Å²) in [6.07, 6.45) is 2.25. The fourth-order valence-corrected chi connectivity index (χ4v) is 4.01. The fraction of sp³-hybridized carbons (Fsp3) is 0.500. The Morgan fingerprint density at radius 2 is 2.14 bits per heavy atom. The van der Waals surface area contributed by atoms with Gasteiger partial charge in [0, 0.05) is 36.4 Å². The maximum absolute atomic E-state index is 13.6. The lowest BCUT2D eigenvalue weighted by Crippen LogP contribution is -2.35. The normalized spacial score (nSPS) is 20.1. The van der Waals surface area contributed by atoms with Crippen molar-refractivity contribution in [3.63, 3.8) is 0 Å². The number of pyridine rings is 1. The average Bonchev–Trinajstić information content (AvgIpc) is 2.65. The van der Waals surface area contributed by atoms with E-state index in [4.69, 9.17) is 11.6 Å². The summed E-state index contributed by atoms with van der Waals surface area (Å²) in [5.41, 5.74) is -0.181. The Labute approximate surface area is 166 Å². The quantitative estimate of drug-likeness (QED) is 0.785. The molecule has 1 aromatic carbocycles. The topological polar surface area (TPSA) is 71.3 Å². The first-order valence-electron chi connectivity index (χ1n) is 9.34. The van der Waals surface area contributed by atoms with E-state index in [0.29, 0.717) is 23.6 Å². The van der Waals surface area contributed by atoms with E-state index in [1.54, 1.807) is 19.1 Å². The van der Waals surface area contributed by atoms with Gasteiger partial charge < -0.3 is 15.0 Å². The molecule has 5 nitrogen and oxygen atoms in total.